The van der Waals surface area contributed by atoms with Gasteiger partial charge >= 0.3 is 0 Å². The summed E-state index contributed by atoms with van der Waals surface area (Å²) in [5.74, 6) is 0. The molecular weight excluding hydrogens is 348 g/mol. The van der Waals surface area contributed by atoms with Crippen LogP contribution in [0.1, 0.15) is 0 Å². The summed E-state index contributed by atoms with van der Waals surface area (Å²) >= 11 is -4.51. The number of hydrogen-bond donors (Lipinski definition) is 4. The predicted octanol–water partition coefficient (Wildman–Crippen LogP) is 3.68. The van der Waals surface area contributed by atoms with Gasteiger partial charge in [0.15, 0.2) is 0 Å². The third-order valence-electron chi connectivity index (χ3n) is 4.04. The average molecular weight is 360 g/mol. The zero-order valence-electron chi connectivity index (χ0n) is 12.1. The van der Waals surface area contributed by atoms with E-state index in [0.29, 0.717) is 11.4 Å². The van der Waals surface area contributed by atoms with Crippen LogP contribution in [0.15, 0.2) is 48.5 Å². The maximum absolute atomic E-state index is 11.2. The fourth-order valence-electron chi connectivity index (χ4n) is 3.19. The van der Waals surface area contributed by atoms with Crippen LogP contribution in [0.3, 0.4) is 0 Å². The van der Waals surface area contributed by atoms with Gasteiger partial charge in [0.1, 0.15) is 0 Å². The van der Waals surface area contributed by atoms with Crippen LogP contribution >= 0.6 is 0 Å². The topological polar surface area (TPSA) is 98.7 Å². The van der Waals surface area contributed by atoms with E-state index in [0.717, 1.165) is 32.3 Å². The van der Waals surface area contributed by atoms with Crippen LogP contribution in [0.2, 0.25) is 0 Å². The second-order valence-corrected chi connectivity index (χ2v) is 6.76. The van der Waals surface area contributed by atoms with Gasteiger partial charge in [0.05, 0.1) is 11.4 Å². The molecule has 0 aliphatic rings. The monoisotopic (exact) mass is 360 g/mol. The van der Waals surface area contributed by atoms with Crippen molar-refractivity contribution in [1.29, 1.82) is 0 Å². The Labute approximate surface area is 142 Å². The molecule has 4 aromatic rings. The van der Waals surface area contributed by atoms with Crippen LogP contribution in [0.25, 0.3) is 32.3 Å². The van der Waals surface area contributed by atoms with Crippen molar-refractivity contribution in [3.8, 4) is 0 Å². The molecule has 0 heterocycles. The lowest BCUT2D eigenvalue weighted by molar-refractivity contribution is 0.569. The molecule has 2 atom stereocenters. The Bertz CT molecular complexity index is 1050. The zero-order chi connectivity index (χ0) is 16.8. The van der Waals surface area contributed by atoms with Crippen molar-refractivity contribution in [3.05, 3.63) is 48.5 Å². The summed E-state index contributed by atoms with van der Waals surface area (Å²) in [4.78, 5) is 0. The third-order valence-corrected chi connectivity index (χ3v) is 4.83. The summed E-state index contributed by atoms with van der Waals surface area (Å²) in [5, 5.41) is 5.48. The Kier molecular flexibility index (Phi) is 3.61. The minimum atomic E-state index is -2.26. The Morgan fingerprint density at radius 2 is 1.21 bits per heavy atom. The van der Waals surface area contributed by atoms with Gasteiger partial charge in [-0.25, -0.2) is 8.42 Å². The van der Waals surface area contributed by atoms with Crippen LogP contribution in [0.5, 0.6) is 0 Å². The smallest absolute Gasteiger partial charge is 0.259 e. The number of anilines is 2. The Morgan fingerprint density at radius 1 is 0.708 bits per heavy atom. The SMILES string of the molecule is O=S(O)Nc1cc(NS(=O)O)c2ccc3cccc4ccc1c2c43. The first kappa shape index (κ1) is 15.3. The normalized spacial score (nSPS) is 14.2. The van der Waals surface area contributed by atoms with E-state index in [1.165, 1.54) is 0 Å². The summed E-state index contributed by atoms with van der Waals surface area (Å²) < 4.78 is 45.8. The van der Waals surface area contributed by atoms with Crippen LogP contribution in [0.4, 0.5) is 11.4 Å². The number of benzene rings is 4. The molecule has 4 rings (SSSR count). The molecular formula is C16H12N2O4S2. The van der Waals surface area contributed by atoms with Gasteiger partial charge in [0.2, 0.25) is 0 Å². The molecule has 0 radical (unpaired) electrons. The van der Waals surface area contributed by atoms with E-state index >= 15 is 0 Å². The van der Waals surface area contributed by atoms with E-state index in [1.54, 1.807) is 6.07 Å². The molecule has 4 N–H and O–H groups in total. The minimum Gasteiger partial charge on any atom is -0.289 e. The quantitative estimate of drug-likeness (QED) is 0.329. The summed E-state index contributed by atoms with van der Waals surface area (Å²) in [6.07, 6.45) is 0. The molecule has 0 bridgehead atoms. The summed E-state index contributed by atoms with van der Waals surface area (Å²) in [6.45, 7) is 0. The van der Waals surface area contributed by atoms with Crippen molar-refractivity contribution in [1.82, 2.24) is 0 Å². The molecule has 0 aliphatic heterocycles. The van der Waals surface area contributed by atoms with Crippen LogP contribution < -0.4 is 9.44 Å². The molecule has 8 heteroatoms. The van der Waals surface area contributed by atoms with Crippen molar-refractivity contribution < 1.29 is 17.5 Å². The molecule has 0 aliphatic carbocycles. The van der Waals surface area contributed by atoms with Crippen molar-refractivity contribution in [3.63, 3.8) is 0 Å². The van der Waals surface area contributed by atoms with Crippen molar-refractivity contribution in [2.75, 3.05) is 9.44 Å². The third kappa shape index (κ3) is 2.40. The highest BCUT2D eigenvalue weighted by Crippen LogP contribution is 2.41. The molecule has 0 spiro atoms. The molecule has 4 aromatic carbocycles. The van der Waals surface area contributed by atoms with Gasteiger partial charge in [-0.2, -0.15) is 0 Å². The maximum Gasteiger partial charge on any atom is 0.259 e. The molecule has 0 fully saturated rings. The Hall–Kier alpha value is -2.26. The molecule has 0 saturated heterocycles. The number of hydrogen-bond acceptors (Lipinski definition) is 2. The first-order valence-electron chi connectivity index (χ1n) is 7.00. The van der Waals surface area contributed by atoms with Gasteiger partial charge in [-0.3, -0.25) is 18.5 Å². The number of nitrogens with one attached hydrogen (secondary N) is 2. The van der Waals surface area contributed by atoms with Crippen molar-refractivity contribution in [2.24, 2.45) is 0 Å². The molecule has 2 unspecified atom stereocenters. The molecule has 0 aromatic heterocycles. The summed E-state index contributed by atoms with van der Waals surface area (Å²) in [5.41, 5.74) is 0.823. The van der Waals surface area contributed by atoms with E-state index in [4.69, 9.17) is 0 Å². The van der Waals surface area contributed by atoms with Crippen LogP contribution in [0, 0.1) is 0 Å². The predicted molar refractivity (Wildman–Crippen MR) is 98.9 cm³/mol. The van der Waals surface area contributed by atoms with Gasteiger partial charge in [-0.05, 0) is 22.2 Å². The zero-order valence-corrected chi connectivity index (χ0v) is 13.8. The second-order valence-electron chi connectivity index (χ2n) is 5.35. The van der Waals surface area contributed by atoms with E-state index in [1.807, 2.05) is 42.5 Å². The lowest BCUT2D eigenvalue weighted by Gasteiger charge is -2.17. The van der Waals surface area contributed by atoms with Gasteiger partial charge in [0, 0.05) is 16.2 Å². The Balaban J connectivity index is 2.19. The second kappa shape index (κ2) is 5.67. The first-order valence-corrected chi connectivity index (χ1v) is 9.21. The van der Waals surface area contributed by atoms with Crippen molar-refractivity contribution >= 4 is 66.2 Å². The number of rotatable bonds is 4. The van der Waals surface area contributed by atoms with Gasteiger partial charge in [0.25, 0.3) is 22.5 Å². The molecule has 6 nitrogen and oxygen atoms in total. The lowest BCUT2D eigenvalue weighted by Crippen LogP contribution is -2.06. The van der Waals surface area contributed by atoms with Gasteiger partial charge in [-0.15, -0.1) is 0 Å². The van der Waals surface area contributed by atoms with E-state index in [-0.39, 0.29) is 0 Å². The lowest BCUT2D eigenvalue weighted by atomic mass is 9.93. The minimum absolute atomic E-state index is 0.412. The van der Waals surface area contributed by atoms with E-state index in [2.05, 4.69) is 9.44 Å². The molecule has 122 valence electrons. The molecule has 0 amide bonds. The Morgan fingerprint density at radius 3 is 1.67 bits per heavy atom. The van der Waals surface area contributed by atoms with Crippen LogP contribution in [-0.4, -0.2) is 17.5 Å². The highest BCUT2D eigenvalue weighted by molar-refractivity contribution is 7.80. The highest BCUT2D eigenvalue weighted by Gasteiger charge is 2.15. The van der Waals surface area contributed by atoms with E-state index < -0.39 is 22.5 Å². The fraction of sp³-hybridized carbons (Fsp3) is 0. The molecule has 24 heavy (non-hydrogen) atoms. The summed E-state index contributed by atoms with van der Waals surface area (Å²) in [7, 11) is 0. The maximum atomic E-state index is 11.2. The van der Waals surface area contributed by atoms with Crippen molar-refractivity contribution in [2.45, 2.75) is 0 Å². The summed E-state index contributed by atoms with van der Waals surface area (Å²) in [6, 6.07) is 15.2. The largest absolute Gasteiger partial charge is 0.289 e. The van der Waals surface area contributed by atoms with Crippen LogP contribution in [-0.2, 0) is 22.5 Å². The average Bonchev–Trinajstić information content (AvgIpc) is 2.53. The standard InChI is InChI=1S/C16H12N2O4S2/c19-23(20)17-13-8-14(18-24(21)22)12-7-5-10-3-1-2-9-4-6-11(13)16(12)15(9)10/h1-8,17-18H,(H,19,20)(H,21,22). The first-order chi connectivity index (χ1) is 11.5. The van der Waals surface area contributed by atoms with Gasteiger partial charge < -0.3 is 0 Å². The van der Waals surface area contributed by atoms with E-state index in [9.17, 15) is 17.5 Å². The van der Waals surface area contributed by atoms with Gasteiger partial charge in [-0.1, -0.05) is 42.5 Å². The highest BCUT2D eigenvalue weighted by atomic mass is 32.2. The fourth-order valence-corrected chi connectivity index (χ4v) is 3.90. The molecule has 0 saturated carbocycles.